The molecule has 0 heterocycles. The van der Waals surface area contributed by atoms with Gasteiger partial charge in [-0.3, -0.25) is 0 Å². The molecular weight excluding hydrogens is 312 g/mol. The van der Waals surface area contributed by atoms with Crippen LogP contribution in [0.2, 0.25) is 0 Å². The van der Waals surface area contributed by atoms with Crippen LogP contribution in [0.4, 0.5) is 0 Å². The summed E-state index contributed by atoms with van der Waals surface area (Å²) < 4.78 is 0. The number of hydrogen-bond donors (Lipinski definition) is 0. The largest absolute Gasteiger partial charge is 0.0622 e. The second-order valence-electron chi connectivity index (χ2n) is 13.1. The highest BCUT2D eigenvalue weighted by molar-refractivity contribution is 5.22. The van der Waals surface area contributed by atoms with Gasteiger partial charge in [-0.25, -0.2) is 0 Å². The molecule has 8 unspecified atom stereocenters. The topological polar surface area (TPSA) is 0 Å². The molecule has 0 aromatic carbocycles. The minimum atomic E-state index is 0.350. The fourth-order valence-electron chi connectivity index (χ4n) is 8.36. The monoisotopic (exact) mass is 360 g/mol. The molecule has 0 bridgehead atoms. The van der Waals surface area contributed by atoms with Gasteiger partial charge in [0.15, 0.2) is 0 Å². The van der Waals surface area contributed by atoms with Crippen LogP contribution in [0.1, 0.15) is 108 Å². The first-order valence-corrected chi connectivity index (χ1v) is 11.7. The lowest BCUT2D eigenvalue weighted by molar-refractivity contribution is -0.162. The van der Waals surface area contributed by atoms with Crippen LogP contribution < -0.4 is 0 Å². The lowest BCUT2D eigenvalue weighted by Crippen LogP contribution is -2.58. The Kier molecular flexibility index (Phi) is 4.59. The normalized spacial score (nSPS) is 53.9. The zero-order valence-electron chi connectivity index (χ0n) is 19.9. The summed E-state index contributed by atoms with van der Waals surface area (Å²) in [4.78, 5) is 0. The fourth-order valence-corrected chi connectivity index (χ4v) is 8.36. The van der Waals surface area contributed by atoms with Crippen LogP contribution in [0, 0.1) is 56.7 Å². The van der Waals surface area contributed by atoms with Crippen molar-refractivity contribution in [3.63, 3.8) is 0 Å². The van der Waals surface area contributed by atoms with Crippen molar-refractivity contribution < 1.29 is 0 Å². The summed E-state index contributed by atoms with van der Waals surface area (Å²) in [5.74, 6) is 4.39. The summed E-state index contributed by atoms with van der Waals surface area (Å²) in [6, 6.07) is 0. The SMILES string of the molecule is CC1CCC1CC1C(C)(C(C)(C)C)C(C)C(C)(C)C1(C)C1(C)CCC1C. The quantitative estimate of drug-likeness (QED) is 0.475. The zero-order chi connectivity index (χ0) is 19.9. The van der Waals surface area contributed by atoms with Gasteiger partial charge >= 0.3 is 0 Å². The van der Waals surface area contributed by atoms with Gasteiger partial charge in [0, 0.05) is 0 Å². The van der Waals surface area contributed by atoms with Crippen molar-refractivity contribution in [3.8, 4) is 0 Å². The van der Waals surface area contributed by atoms with E-state index in [4.69, 9.17) is 0 Å². The summed E-state index contributed by atoms with van der Waals surface area (Å²) in [6.07, 6.45) is 7.30. The Hall–Kier alpha value is 0. The van der Waals surface area contributed by atoms with Crippen molar-refractivity contribution in [1.82, 2.24) is 0 Å². The minimum absolute atomic E-state index is 0.350. The van der Waals surface area contributed by atoms with E-state index in [1.54, 1.807) is 0 Å². The molecule has 0 spiro atoms. The first-order valence-electron chi connectivity index (χ1n) is 11.7. The molecular formula is C26H48. The van der Waals surface area contributed by atoms with Gasteiger partial charge in [-0.15, -0.1) is 0 Å². The molecule has 0 amide bonds. The maximum absolute atomic E-state index is 2.74. The lowest BCUT2D eigenvalue weighted by Gasteiger charge is -2.64. The van der Waals surface area contributed by atoms with Crippen LogP contribution in [-0.4, -0.2) is 0 Å². The van der Waals surface area contributed by atoms with Crippen molar-refractivity contribution in [2.24, 2.45) is 56.7 Å². The molecule has 3 aliphatic carbocycles. The van der Waals surface area contributed by atoms with Crippen LogP contribution in [0.5, 0.6) is 0 Å². The summed E-state index contributed by atoms with van der Waals surface area (Å²) in [7, 11) is 0. The highest BCUT2D eigenvalue weighted by Gasteiger charge is 2.74. The van der Waals surface area contributed by atoms with Crippen molar-refractivity contribution in [1.29, 1.82) is 0 Å². The van der Waals surface area contributed by atoms with Crippen molar-refractivity contribution in [2.45, 2.75) is 108 Å². The Morgan fingerprint density at radius 3 is 1.73 bits per heavy atom. The van der Waals surface area contributed by atoms with Crippen LogP contribution in [0.3, 0.4) is 0 Å². The molecule has 152 valence electrons. The standard InChI is InChI=1S/C26H48/c1-17-12-13-20(17)16-21-25(10,22(4,5)6)19(3)23(7,8)26(21,11)24(9)15-14-18(24)2/h17-21H,12-16H2,1-11H3. The Labute approximate surface area is 165 Å². The average Bonchev–Trinajstić information content (AvgIpc) is 2.66. The Morgan fingerprint density at radius 2 is 1.42 bits per heavy atom. The van der Waals surface area contributed by atoms with E-state index in [1.807, 2.05) is 0 Å². The van der Waals surface area contributed by atoms with E-state index in [9.17, 15) is 0 Å². The van der Waals surface area contributed by atoms with Gasteiger partial charge < -0.3 is 0 Å². The van der Waals surface area contributed by atoms with Crippen LogP contribution >= 0.6 is 0 Å². The summed E-state index contributed by atoms with van der Waals surface area (Å²) >= 11 is 0. The third-order valence-corrected chi connectivity index (χ3v) is 12.1. The second-order valence-corrected chi connectivity index (χ2v) is 13.1. The maximum Gasteiger partial charge on any atom is -0.0182 e. The molecule has 0 radical (unpaired) electrons. The molecule has 8 atom stereocenters. The fraction of sp³-hybridized carbons (Fsp3) is 1.00. The van der Waals surface area contributed by atoms with Gasteiger partial charge in [0.05, 0.1) is 0 Å². The molecule has 3 rings (SSSR count). The Morgan fingerprint density at radius 1 is 0.846 bits per heavy atom. The highest BCUT2D eigenvalue weighted by Crippen LogP contribution is 2.80. The molecule has 0 aliphatic heterocycles. The average molecular weight is 361 g/mol. The minimum Gasteiger partial charge on any atom is -0.0622 e. The van der Waals surface area contributed by atoms with Crippen molar-refractivity contribution >= 4 is 0 Å². The first-order chi connectivity index (χ1) is 11.7. The van der Waals surface area contributed by atoms with Crippen LogP contribution in [0.15, 0.2) is 0 Å². The van der Waals surface area contributed by atoms with Gasteiger partial charge in [0.1, 0.15) is 0 Å². The van der Waals surface area contributed by atoms with E-state index >= 15 is 0 Å². The predicted molar refractivity (Wildman–Crippen MR) is 115 cm³/mol. The third-order valence-electron chi connectivity index (χ3n) is 12.1. The van der Waals surface area contributed by atoms with E-state index in [0.29, 0.717) is 27.1 Å². The van der Waals surface area contributed by atoms with Crippen LogP contribution in [-0.2, 0) is 0 Å². The number of hydrogen-bond acceptors (Lipinski definition) is 0. The van der Waals surface area contributed by atoms with Crippen molar-refractivity contribution in [3.05, 3.63) is 0 Å². The molecule has 0 N–H and O–H groups in total. The van der Waals surface area contributed by atoms with Gasteiger partial charge in [-0.05, 0) is 82.3 Å². The molecule has 3 fully saturated rings. The maximum atomic E-state index is 2.74. The molecule has 0 nitrogen and oxygen atoms in total. The lowest BCUT2D eigenvalue weighted by atomic mass is 9.40. The first kappa shape index (κ1) is 20.7. The van der Waals surface area contributed by atoms with E-state index in [2.05, 4.69) is 76.2 Å². The third kappa shape index (κ3) is 2.20. The number of rotatable bonds is 3. The summed E-state index contributed by atoms with van der Waals surface area (Å²) in [5.41, 5.74) is 2.07. The molecule has 0 heteroatoms. The molecule has 3 aliphatic rings. The summed E-state index contributed by atoms with van der Waals surface area (Å²) in [5, 5.41) is 0. The predicted octanol–water partition coefficient (Wildman–Crippen LogP) is 8.21. The van der Waals surface area contributed by atoms with E-state index in [-0.39, 0.29) is 0 Å². The van der Waals surface area contributed by atoms with Gasteiger partial charge in [0.25, 0.3) is 0 Å². The van der Waals surface area contributed by atoms with E-state index in [0.717, 1.165) is 29.6 Å². The van der Waals surface area contributed by atoms with Gasteiger partial charge in [-0.1, -0.05) is 82.6 Å². The van der Waals surface area contributed by atoms with E-state index in [1.165, 1.54) is 32.1 Å². The zero-order valence-corrected chi connectivity index (χ0v) is 19.9. The molecule has 0 aromatic heterocycles. The molecule has 3 saturated carbocycles. The van der Waals surface area contributed by atoms with E-state index < -0.39 is 0 Å². The molecule has 26 heavy (non-hydrogen) atoms. The Balaban J connectivity index is 2.16. The van der Waals surface area contributed by atoms with Crippen molar-refractivity contribution in [2.75, 3.05) is 0 Å². The highest BCUT2D eigenvalue weighted by atomic mass is 14.8. The van der Waals surface area contributed by atoms with Gasteiger partial charge in [-0.2, -0.15) is 0 Å². The molecule has 0 aromatic rings. The van der Waals surface area contributed by atoms with Crippen LogP contribution in [0.25, 0.3) is 0 Å². The smallest absolute Gasteiger partial charge is 0.0182 e. The van der Waals surface area contributed by atoms with Gasteiger partial charge in [0.2, 0.25) is 0 Å². The molecule has 0 saturated heterocycles. The second kappa shape index (κ2) is 5.76. The Bertz CT molecular complexity index is 551. The summed E-state index contributed by atoms with van der Waals surface area (Å²) in [6.45, 7) is 28.7.